The highest BCUT2D eigenvalue weighted by Gasteiger charge is 2.16. The Balaban J connectivity index is 2.27. The molecule has 1 unspecified atom stereocenters. The zero-order valence-electron chi connectivity index (χ0n) is 10.8. The first-order valence-corrected chi connectivity index (χ1v) is 6.65. The van der Waals surface area contributed by atoms with Crippen LogP contribution in [-0.2, 0) is 13.5 Å². The monoisotopic (exact) mass is 308 g/mol. The van der Waals surface area contributed by atoms with Crippen LogP contribution in [-0.4, -0.2) is 14.8 Å². The molecule has 2 N–H and O–H groups in total. The predicted octanol–water partition coefficient (Wildman–Crippen LogP) is 2.44. The van der Waals surface area contributed by atoms with Crippen LogP contribution in [0.15, 0.2) is 22.8 Å². The lowest BCUT2D eigenvalue weighted by Crippen LogP contribution is -2.17. The van der Waals surface area contributed by atoms with Crippen LogP contribution < -0.4 is 5.73 Å². The summed E-state index contributed by atoms with van der Waals surface area (Å²) in [4.78, 5) is 4.28. The standard InChI is InChI=1S/C13H17BrN4/c1-8-10(5-4-6-16-8)11(15)7-12-13(14)9(2)17-18(12)3/h4-6,11H,7,15H2,1-3H3. The molecule has 0 aliphatic heterocycles. The molecule has 0 spiro atoms. The molecule has 2 rings (SSSR count). The molecule has 0 aliphatic carbocycles. The van der Waals surface area contributed by atoms with Crippen LogP contribution in [0.3, 0.4) is 0 Å². The van der Waals surface area contributed by atoms with Crippen LogP contribution in [0.25, 0.3) is 0 Å². The normalized spacial score (nSPS) is 12.7. The van der Waals surface area contributed by atoms with Gasteiger partial charge in [0.2, 0.25) is 0 Å². The Labute approximate surface area is 115 Å². The lowest BCUT2D eigenvalue weighted by atomic mass is 10.0. The fraction of sp³-hybridized carbons (Fsp3) is 0.385. The third kappa shape index (κ3) is 2.47. The quantitative estimate of drug-likeness (QED) is 0.947. The number of pyridine rings is 1. The smallest absolute Gasteiger partial charge is 0.0738 e. The van der Waals surface area contributed by atoms with Crippen LogP contribution in [0.1, 0.15) is 28.7 Å². The van der Waals surface area contributed by atoms with E-state index < -0.39 is 0 Å². The molecule has 0 aromatic carbocycles. The number of rotatable bonds is 3. The van der Waals surface area contributed by atoms with Gasteiger partial charge in [-0.1, -0.05) is 6.07 Å². The minimum atomic E-state index is -0.0650. The summed E-state index contributed by atoms with van der Waals surface area (Å²) >= 11 is 3.57. The van der Waals surface area contributed by atoms with E-state index in [-0.39, 0.29) is 6.04 Å². The second kappa shape index (κ2) is 5.20. The first-order valence-electron chi connectivity index (χ1n) is 5.85. The number of nitrogens with two attached hydrogens (primary N) is 1. The summed E-state index contributed by atoms with van der Waals surface area (Å²) in [6.07, 6.45) is 2.53. The number of nitrogens with zero attached hydrogens (tertiary/aromatic N) is 3. The second-order valence-corrected chi connectivity index (χ2v) is 5.25. The lowest BCUT2D eigenvalue weighted by molar-refractivity contribution is 0.634. The fourth-order valence-electron chi connectivity index (χ4n) is 2.11. The zero-order chi connectivity index (χ0) is 13.3. The van der Waals surface area contributed by atoms with Crippen molar-refractivity contribution in [3.8, 4) is 0 Å². The van der Waals surface area contributed by atoms with Crippen molar-refractivity contribution < 1.29 is 0 Å². The molecule has 0 bridgehead atoms. The minimum Gasteiger partial charge on any atom is -0.324 e. The van der Waals surface area contributed by atoms with Crippen LogP contribution in [0, 0.1) is 13.8 Å². The van der Waals surface area contributed by atoms with Crippen molar-refractivity contribution in [3.05, 3.63) is 45.4 Å². The van der Waals surface area contributed by atoms with Gasteiger partial charge in [0.25, 0.3) is 0 Å². The molecular formula is C13H17BrN4. The Morgan fingerprint density at radius 3 is 2.67 bits per heavy atom. The number of halogens is 1. The highest BCUT2D eigenvalue weighted by atomic mass is 79.9. The SMILES string of the molecule is Cc1ncccc1C(N)Cc1c(Br)c(C)nn1C. The first kappa shape index (κ1) is 13.2. The van der Waals surface area contributed by atoms with Crippen molar-refractivity contribution in [3.63, 3.8) is 0 Å². The Kier molecular flexibility index (Phi) is 3.82. The van der Waals surface area contributed by atoms with Gasteiger partial charge in [-0.05, 0) is 41.4 Å². The van der Waals surface area contributed by atoms with Crippen molar-refractivity contribution in [1.82, 2.24) is 14.8 Å². The van der Waals surface area contributed by atoms with Crippen molar-refractivity contribution in [2.45, 2.75) is 26.3 Å². The molecule has 0 saturated heterocycles. The van der Waals surface area contributed by atoms with Gasteiger partial charge < -0.3 is 5.73 Å². The van der Waals surface area contributed by atoms with Gasteiger partial charge in [0.05, 0.1) is 15.9 Å². The second-order valence-electron chi connectivity index (χ2n) is 4.46. The van der Waals surface area contributed by atoms with E-state index in [1.807, 2.05) is 37.7 Å². The van der Waals surface area contributed by atoms with Gasteiger partial charge in [0.15, 0.2) is 0 Å². The number of hydrogen-bond acceptors (Lipinski definition) is 3. The summed E-state index contributed by atoms with van der Waals surface area (Å²) in [5, 5.41) is 4.38. The van der Waals surface area contributed by atoms with E-state index in [9.17, 15) is 0 Å². The summed E-state index contributed by atoms with van der Waals surface area (Å²) in [5.74, 6) is 0. The topological polar surface area (TPSA) is 56.7 Å². The number of aryl methyl sites for hydroxylation is 3. The maximum atomic E-state index is 6.27. The Hall–Kier alpha value is -1.20. The van der Waals surface area contributed by atoms with Gasteiger partial charge in [-0.15, -0.1) is 0 Å². The summed E-state index contributed by atoms with van der Waals surface area (Å²) in [5.41, 5.74) is 10.4. The predicted molar refractivity (Wildman–Crippen MR) is 75.3 cm³/mol. The molecule has 1 atom stereocenters. The van der Waals surface area contributed by atoms with E-state index in [2.05, 4.69) is 26.0 Å². The maximum absolute atomic E-state index is 6.27. The van der Waals surface area contributed by atoms with Gasteiger partial charge in [-0.25, -0.2) is 0 Å². The highest BCUT2D eigenvalue weighted by Crippen LogP contribution is 2.25. The molecule has 4 nitrogen and oxygen atoms in total. The van der Waals surface area contributed by atoms with Gasteiger partial charge >= 0.3 is 0 Å². The number of hydrogen-bond donors (Lipinski definition) is 1. The summed E-state index contributed by atoms with van der Waals surface area (Å²) < 4.78 is 2.92. The van der Waals surface area contributed by atoms with Crippen LogP contribution in [0.4, 0.5) is 0 Å². The van der Waals surface area contributed by atoms with E-state index in [0.29, 0.717) is 0 Å². The molecule has 5 heteroatoms. The third-order valence-corrected chi connectivity index (χ3v) is 4.15. The average Bonchev–Trinajstić information content (AvgIpc) is 2.56. The van der Waals surface area contributed by atoms with Gasteiger partial charge in [-0.2, -0.15) is 5.10 Å². The molecule has 0 aliphatic rings. The molecule has 96 valence electrons. The lowest BCUT2D eigenvalue weighted by Gasteiger charge is -2.14. The van der Waals surface area contributed by atoms with Crippen LogP contribution >= 0.6 is 15.9 Å². The molecule has 2 aromatic heterocycles. The van der Waals surface area contributed by atoms with Gasteiger partial charge in [0.1, 0.15) is 0 Å². The van der Waals surface area contributed by atoms with Crippen molar-refractivity contribution in [2.75, 3.05) is 0 Å². The van der Waals surface area contributed by atoms with Gasteiger partial charge in [0, 0.05) is 31.4 Å². The van der Waals surface area contributed by atoms with Crippen molar-refractivity contribution in [1.29, 1.82) is 0 Å². The van der Waals surface area contributed by atoms with E-state index in [0.717, 1.165) is 33.5 Å². The third-order valence-electron chi connectivity index (χ3n) is 3.12. The Bertz CT molecular complexity index is 562. The summed E-state index contributed by atoms with van der Waals surface area (Å²) in [6, 6.07) is 3.89. The van der Waals surface area contributed by atoms with E-state index in [1.54, 1.807) is 6.20 Å². The molecule has 2 aromatic rings. The van der Waals surface area contributed by atoms with Crippen molar-refractivity contribution >= 4 is 15.9 Å². The zero-order valence-corrected chi connectivity index (χ0v) is 12.4. The minimum absolute atomic E-state index is 0.0650. The molecule has 0 amide bonds. The molecule has 0 saturated carbocycles. The van der Waals surface area contributed by atoms with E-state index in [1.165, 1.54) is 0 Å². The largest absolute Gasteiger partial charge is 0.324 e. The Morgan fingerprint density at radius 1 is 1.39 bits per heavy atom. The van der Waals surface area contributed by atoms with E-state index >= 15 is 0 Å². The molecule has 18 heavy (non-hydrogen) atoms. The van der Waals surface area contributed by atoms with Crippen LogP contribution in [0.5, 0.6) is 0 Å². The molecule has 0 radical (unpaired) electrons. The molecular weight excluding hydrogens is 292 g/mol. The Morgan fingerprint density at radius 2 is 2.11 bits per heavy atom. The molecule has 0 fully saturated rings. The molecule has 2 heterocycles. The number of aromatic nitrogens is 3. The average molecular weight is 309 g/mol. The van der Waals surface area contributed by atoms with Crippen LogP contribution in [0.2, 0.25) is 0 Å². The maximum Gasteiger partial charge on any atom is 0.0738 e. The van der Waals surface area contributed by atoms with Crippen molar-refractivity contribution in [2.24, 2.45) is 12.8 Å². The fourth-order valence-corrected chi connectivity index (χ4v) is 2.61. The van der Waals surface area contributed by atoms with E-state index in [4.69, 9.17) is 5.73 Å². The first-order chi connectivity index (χ1) is 8.50. The highest BCUT2D eigenvalue weighted by molar-refractivity contribution is 9.10. The van der Waals surface area contributed by atoms with Gasteiger partial charge in [-0.3, -0.25) is 9.67 Å². The summed E-state index contributed by atoms with van der Waals surface area (Å²) in [7, 11) is 1.94. The summed E-state index contributed by atoms with van der Waals surface area (Å²) in [6.45, 7) is 3.97.